The molecule has 25 heavy (non-hydrogen) atoms. The molecule has 2 aromatic carbocycles. The first-order chi connectivity index (χ1) is 11.8. The molecule has 1 aliphatic heterocycles. The van der Waals surface area contributed by atoms with Crippen molar-refractivity contribution in [1.82, 2.24) is 0 Å². The number of nitro benzene ring substituents is 1. The summed E-state index contributed by atoms with van der Waals surface area (Å²) in [6.07, 6.45) is -0.595. The zero-order valence-corrected chi connectivity index (χ0v) is 13.7. The van der Waals surface area contributed by atoms with E-state index in [0.29, 0.717) is 17.1 Å². The second-order valence-electron chi connectivity index (χ2n) is 5.34. The van der Waals surface area contributed by atoms with Crippen molar-refractivity contribution in [2.75, 3.05) is 10.6 Å². The van der Waals surface area contributed by atoms with Crippen LogP contribution in [0.25, 0.3) is 0 Å². The zero-order valence-electron chi connectivity index (χ0n) is 12.9. The normalized spacial score (nSPS) is 15.6. The number of benzene rings is 2. The molecule has 0 radical (unpaired) electrons. The Kier molecular flexibility index (Phi) is 4.28. The lowest BCUT2D eigenvalue weighted by Gasteiger charge is -2.23. The second kappa shape index (κ2) is 6.40. The molecule has 2 aromatic rings. The molecular formula is C16H12ClN3O5. The van der Waals surface area contributed by atoms with Gasteiger partial charge in [-0.1, -0.05) is 11.6 Å². The molecule has 0 fully saturated rings. The van der Waals surface area contributed by atoms with Gasteiger partial charge in [0.15, 0.2) is 6.10 Å². The average Bonchev–Trinajstić information content (AvgIpc) is 2.56. The summed E-state index contributed by atoms with van der Waals surface area (Å²) in [4.78, 5) is 34.2. The van der Waals surface area contributed by atoms with E-state index in [1.807, 2.05) is 0 Å². The first-order valence-electron chi connectivity index (χ1n) is 7.22. The highest BCUT2D eigenvalue weighted by atomic mass is 35.5. The van der Waals surface area contributed by atoms with E-state index in [9.17, 15) is 19.7 Å². The highest BCUT2D eigenvalue weighted by Crippen LogP contribution is 2.32. The summed E-state index contributed by atoms with van der Waals surface area (Å²) in [5, 5.41) is 16.1. The van der Waals surface area contributed by atoms with Crippen molar-refractivity contribution in [3.05, 3.63) is 57.1 Å². The molecular weight excluding hydrogens is 350 g/mol. The number of rotatable bonds is 3. The standard InChI is InChI=1S/C16H12ClN3O5/c1-8-15(21)19-12-7-10(3-5-14(12)25-8)18-16(22)9-2-4-11(17)13(6-9)20(23)24/h2-8H,1H3,(H,18,22)(H,19,21). The summed E-state index contributed by atoms with van der Waals surface area (Å²) in [6.45, 7) is 1.63. The number of fused-ring (bicyclic) bond motifs is 1. The van der Waals surface area contributed by atoms with E-state index >= 15 is 0 Å². The Labute approximate surface area is 146 Å². The molecule has 2 N–H and O–H groups in total. The Hall–Kier alpha value is -3.13. The fourth-order valence-electron chi connectivity index (χ4n) is 2.28. The van der Waals surface area contributed by atoms with Gasteiger partial charge in [0.05, 0.1) is 10.6 Å². The number of nitrogens with one attached hydrogen (secondary N) is 2. The highest BCUT2D eigenvalue weighted by Gasteiger charge is 2.24. The van der Waals surface area contributed by atoms with E-state index in [2.05, 4.69) is 10.6 Å². The lowest BCUT2D eigenvalue weighted by Crippen LogP contribution is -2.34. The quantitative estimate of drug-likeness (QED) is 0.644. The largest absolute Gasteiger partial charge is 0.479 e. The number of anilines is 2. The lowest BCUT2D eigenvalue weighted by molar-refractivity contribution is -0.384. The highest BCUT2D eigenvalue weighted by molar-refractivity contribution is 6.32. The molecule has 0 aliphatic carbocycles. The first-order valence-corrected chi connectivity index (χ1v) is 7.60. The number of carbonyl (C=O) groups is 2. The van der Waals surface area contributed by atoms with Crippen molar-refractivity contribution in [3.63, 3.8) is 0 Å². The van der Waals surface area contributed by atoms with Crippen molar-refractivity contribution >= 4 is 40.5 Å². The minimum atomic E-state index is -0.661. The Morgan fingerprint density at radius 1 is 1.32 bits per heavy atom. The number of nitrogens with zero attached hydrogens (tertiary/aromatic N) is 1. The predicted octanol–water partition coefficient (Wildman–Crippen LogP) is 3.22. The van der Waals surface area contributed by atoms with Crippen molar-refractivity contribution in [2.45, 2.75) is 13.0 Å². The van der Waals surface area contributed by atoms with Crippen molar-refractivity contribution in [2.24, 2.45) is 0 Å². The van der Waals surface area contributed by atoms with E-state index in [4.69, 9.17) is 16.3 Å². The number of nitro groups is 1. The van der Waals surface area contributed by atoms with Gasteiger partial charge < -0.3 is 15.4 Å². The molecule has 128 valence electrons. The molecule has 0 saturated carbocycles. The van der Waals surface area contributed by atoms with E-state index in [1.54, 1.807) is 25.1 Å². The zero-order chi connectivity index (χ0) is 18.1. The summed E-state index contributed by atoms with van der Waals surface area (Å²) in [7, 11) is 0. The molecule has 1 heterocycles. The SMILES string of the molecule is CC1Oc2ccc(NC(=O)c3ccc(Cl)c([N+](=O)[O-])c3)cc2NC1=O. The Morgan fingerprint density at radius 2 is 2.08 bits per heavy atom. The average molecular weight is 362 g/mol. The number of hydrogen-bond acceptors (Lipinski definition) is 5. The van der Waals surface area contributed by atoms with Crippen LogP contribution >= 0.6 is 11.6 Å². The molecule has 1 unspecified atom stereocenters. The maximum Gasteiger partial charge on any atom is 0.288 e. The molecule has 0 aromatic heterocycles. The summed E-state index contributed by atoms with van der Waals surface area (Å²) < 4.78 is 5.43. The van der Waals surface area contributed by atoms with E-state index in [0.717, 1.165) is 6.07 Å². The number of amides is 2. The van der Waals surface area contributed by atoms with Gasteiger partial charge >= 0.3 is 0 Å². The van der Waals surface area contributed by atoms with E-state index in [1.165, 1.54) is 12.1 Å². The first kappa shape index (κ1) is 16.7. The Morgan fingerprint density at radius 3 is 2.80 bits per heavy atom. The lowest BCUT2D eigenvalue weighted by atomic mass is 10.1. The number of ether oxygens (including phenoxy) is 1. The third kappa shape index (κ3) is 3.38. The van der Waals surface area contributed by atoms with Crippen LogP contribution < -0.4 is 15.4 Å². The molecule has 9 heteroatoms. The fraction of sp³-hybridized carbons (Fsp3) is 0.125. The molecule has 1 atom stereocenters. The third-order valence-corrected chi connectivity index (χ3v) is 3.89. The topological polar surface area (TPSA) is 111 Å². The number of hydrogen-bond donors (Lipinski definition) is 2. The van der Waals surface area contributed by atoms with Gasteiger partial charge in [-0.3, -0.25) is 19.7 Å². The molecule has 0 saturated heterocycles. The Bertz CT molecular complexity index is 899. The predicted molar refractivity (Wildman–Crippen MR) is 91.2 cm³/mol. The smallest absolute Gasteiger partial charge is 0.288 e. The van der Waals surface area contributed by atoms with Gasteiger partial charge in [-0.2, -0.15) is 0 Å². The summed E-state index contributed by atoms with van der Waals surface area (Å²) in [5.41, 5.74) is 0.569. The van der Waals surface area contributed by atoms with Crippen LogP contribution in [-0.4, -0.2) is 22.8 Å². The van der Waals surface area contributed by atoms with Crippen molar-refractivity contribution in [1.29, 1.82) is 0 Å². The van der Waals surface area contributed by atoms with Crippen LogP contribution in [0.15, 0.2) is 36.4 Å². The van der Waals surface area contributed by atoms with Gasteiger partial charge in [0.25, 0.3) is 17.5 Å². The van der Waals surface area contributed by atoms with Crippen LogP contribution in [0, 0.1) is 10.1 Å². The number of carbonyl (C=O) groups excluding carboxylic acids is 2. The van der Waals surface area contributed by atoms with Crippen LogP contribution in [-0.2, 0) is 4.79 Å². The van der Waals surface area contributed by atoms with Crippen LogP contribution in [0.5, 0.6) is 5.75 Å². The van der Waals surface area contributed by atoms with Crippen LogP contribution in [0.1, 0.15) is 17.3 Å². The molecule has 1 aliphatic rings. The van der Waals surface area contributed by atoms with E-state index < -0.39 is 16.9 Å². The summed E-state index contributed by atoms with van der Waals surface area (Å²) in [5.74, 6) is -0.340. The van der Waals surface area contributed by atoms with Gasteiger partial charge in [0, 0.05) is 17.3 Å². The summed E-state index contributed by atoms with van der Waals surface area (Å²) >= 11 is 5.73. The number of halogens is 1. The third-order valence-electron chi connectivity index (χ3n) is 3.57. The minimum absolute atomic E-state index is 0.0516. The Balaban J connectivity index is 1.82. The maximum absolute atomic E-state index is 12.3. The minimum Gasteiger partial charge on any atom is -0.479 e. The van der Waals surface area contributed by atoms with Crippen LogP contribution in [0.2, 0.25) is 5.02 Å². The monoisotopic (exact) mass is 361 g/mol. The maximum atomic E-state index is 12.3. The van der Waals surface area contributed by atoms with Gasteiger partial charge in [-0.25, -0.2) is 0 Å². The fourth-order valence-corrected chi connectivity index (χ4v) is 2.47. The van der Waals surface area contributed by atoms with Crippen LogP contribution in [0.3, 0.4) is 0 Å². The van der Waals surface area contributed by atoms with Gasteiger partial charge in [-0.05, 0) is 37.3 Å². The molecule has 8 nitrogen and oxygen atoms in total. The van der Waals surface area contributed by atoms with Gasteiger partial charge in [0.1, 0.15) is 10.8 Å². The van der Waals surface area contributed by atoms with Crippen molar-refractivity contribution < 1.29 is 19.2 Å². The van der Waals surface area contributed by atoms with Gasteiger partial charge in [0.2, 0.25) is 0 Å². The van der Waals surface area contributed by atoms with Crippen molar-refractivity contribution in [3.8, 4) is 5.75 Å². The molecule has 0 spiro atoms. The molecule has 3 rings (SSSR count). The second-order valence-corrected chi connectivity index (χ2v) is 5.74. The van der Waals surface area contributed by atoms with E-state index in [-0.39, 0.29) is 22.2 Å². The summed E-state index contributed by atoms with van der Waals surface area (Å²) in [6, 6.07) is 8.53. The molecule has 2 amide bonds. The van der Waals surface area contributed by atoms with Gasteiger partial charge in [-0.15, -0.1) is 0 Å². The molecule has 0 bridgehead atoms. The van der Waals surface area contributed by atoms with Crippen LogP contribution in [0.4, 0.5) is 17.1 Å².